The summed E-state index contributed by atoms with van der Waals surface area (Å²) in [7, 11) is 1.96. The number of nitrogen functional groups attached to an aromatic ring is 1. The highest BCUT2D eigenvalue weighted by atomic mass is 16.5. The molecule has 0 fully saturated rings. The van der Waals surface area contributed by atoms with E-state index in [4.69, 9.17) is 10.5 Å². The average Bonchev–Trinajstić information content (AvgIpc) is 2.93. The molecule has 0 amide bonds. The third-order valence-electron chi connectivity index (χ3n) is 3.54. The van der Waals surface area contributed by atoms with Gasteiger partial charge in [0, 0.05) is 37.1 Å². The summed E-state index contributed by atoms with van der Waals surface area (Å²) in [6.45, 7) is 0.440. The lowest BCUT2D eigenvalue weighted by atomic mass is 10.0. The Labute approximate surface area is 124 Å². The molecule has 2 N–H and O–H groups in total. The molecule has 5 nitrogen and oxygen atoms in total. The van der Waals surface area contributed by atoms with Crippen LogP contribution in [-0.4, -0.2) is 23.3 Å². The van der Waals surface area contributed by atoms with E-state index in [1.807, 2.05) is 54.7 Å². The van der Waals surface area contributed by atoms with Crippen molar-refractivity contribution in [3.8, 4) is 5.75 Å². The van der Waals surface area contributed by atoms with E-state index in [9.17, 15) is 0 Å². The van der Waals surface area contributed by atoms with Gasteiger partial charge in [0.2, 0.25) is 0 Å². The molecule has 108 valence electrons. The summed E-state index contributed by atoms with van der Waals surface area (Å²) in [6.07, 6.45) is 4.54. The molecule has 1 atom stereocenters. The number of pyridine rings is 1. The lowest BCUT2D eigenvalue weighted by Gasteiger charge is -2.22. The van der Waals surface area contributed by atoms with E-state index in [1.54, 1.807) is 6.20 Å². The van der Waals surface area contributed by atoms with Gasteiger partial charge < -0.3 is 10.5 Å². The number of hydrogen-bond donors (Lipinski definition) is 1. The fourth-order valence-electron chi connectivity index (χ4n) is 2.43. The summed E-state index contributed by atoms with van der Waals surface area (Å²) in [5.74, 6) is 0.831. The minimum Gasteiger partial charge on any atom is -0.487 e. The van der Waals surface area contributed by atoms with E-state index in [0.717, 1.165) is 29.1 Å². The van der Waals surface area contributed by atoms with Gasteiger partial charge in [0.1, 0.15) is 12.4 Å². The van der Waals surface area contributed by atoms with Crippen LogP contribution in [0.1, 0.15) is 23.7 Å². The van der Waals surface area contributed by atoms with Gasteiger partial charge in [-0.15, -0.1) is 0 Å². The Morgan fingerprint density at radius 1 is 1.33 bits per heavy atom. The summed E-state index contributed by atoms with van der Waals surface area (Å²) in [4.78, 5) is 4.27. The second-order valence-electron chi connectivity index (χ2n) is 5.03. The van der Waals surface area contributed by atoms with Crippen molar-refractivity contribution in [2.45, 2.75) is 19.1 Å². The highest BCUT2D eigenvalue weighted by molar-refractivity contribution is 5.62. The molecule has 0 bridgehead atoms. The lowest BCUT2D eigenvalue weighted by molar-refractivity contribution is 0.261. The van der Waals surface area contributed by atoms with E-state index in [0.29, 0.717) is 6.61 Å². The topological polar surface area (TPSA) is 63.7 Å². The molecule has 5 heteroatoms. The zero-order valence-electron chi connectivity index (χ0n) is 11.9. The van der Waals surface area contributed by atoms with Gasteiger partial charge in [0.15, 0.2) is 0 Å². The van der Waals surface area contributed by atoms with Crippen molar-refractivity contribution in [1.29, 1.82) is 0 Å². The summed E-state index contributed by atoms with van der Waals surface area (Å²) >= 11 is 0. The van der Waals surface area contributed by atoms with Crippen LogP contribution in [0, 0.1) is 0 Å². The normalized spacial score (nSPS) is 17.2. The van der Waals surface area contributed by atoms with E-state index >= 15 is 0 Å². The lowest BCUT2D eigenvalue weighted by Crippen LogP contribution is -2.15. The van der Waals surface area contributed by atoms with Gasteiger partial charge >= 0.3 is 0 Å². The molecule has 3 rings (SSSR count). The zero-order valence-corrected chi connectivity index (χ0v) is 11.9. The number of nitrogens with two attached hydrogens (primary N) is 1. The van der Waals surface area contributed by atoms with Crippen LogP contribution in [0.15, 0.2) is 47.7 Å². The van der Waals surface area contributed by atoms with Crippen molar-refractivity contribution in [1.82, 2.24) is 9.99 Å². The van der Waals surface area contributed by atoms with Gasteiger partial charge in [-0.2, -0.15) is 5.10 Å². The zero-order chi connectivity index (χ0) is 14.7. The fourth-order valence-corrected chi connectivity index (χ4v) is 2.43. The molecule has 1 aliphatic heterocycles. The van der Waals surface area contributed by atoms with Crippen molar-refractivity contribution in [3.05, 3.63) is 53.9 Å². The van der Waals surface area contributed by atoms with Gasteiger partial charge in [-0.05, 0) is 30.3 Å². The maximum atomic E-state index is 5.94. The van der Waals surface area contributed by atoms with Crippen molar-refractivity contribution < 1.29 is 4.74 Å². The summed E-state index contributed by atoms with van der Waals surface area (Å²) in [5, 5.41) is 6.22. The van der Waals surface area contributed by atoms with E-state index < -0.39 is 0 Å². The smallest absolute Gasteiger partial charge is 0.130 e. The molecule has 2 heterocycles. The number of rotatable bonds is 4. The van der Waals surface area contributed by atoms with E-state index in [1.165, 1.54) is 0 Å². The molecule has 1 aromatic heterocycles. The van der Waals surface area contributed by atoms with Crippen molar-refractivity contribution in [2.24, 2.45) is 5.10 Å². The van der Waals surface area contributed by atoms with Crippen LogP contribution < -0.4 is 10.5 Å². The van der Waals surface area contributed by atoms with Crippen LogP contribution in [0.25, 0.3) is 0 Å². The highest BCUT2D eigenvalue weighted by Crippen LogP contribution is 2.35. The van der Waals surface area contributed by atoms with Crippen LogP contribution >= 0.6 is 0 Å². The summed E-state index contributed by atoms with van der Waals surface area (Å²) in [5.41, 5.74) is 8.61. The van der Waals surface area contributed by atoms with Crippen molar-refractivity contribution in [2.75, 3.05) is 12.8 Å². The number of aromatic nitrogens is 1. The molecule has 1 unspecified atom stereocenters. The average molecular weight is 282 g/mol. The number of nitrogens with zero attached hydrogens (tertiary/aromatic N) is 3. The Bertz CT molecular complexity index is 642. The number of benzene rings is 1. The second-order valence-corrected chi connectivity index (χ2v) is 5.03. The number of ether oxygens (including phenoxy) is 1. The Morgan fingerprint density at radius 2 is 2.24 bits per heavy atom. The first-order valence-corrected chi connectivity index (χ1v) is 6.91. The fraction of sp³-hybridized carbons (Fsp3) is 0.250. The first kappa shape index (κ1) is 13.4. The summed E-state index contributed by atoms with van der Waals surface area (Å²) in [6, 6.07) is 11.7. The maximum Gasteiger partial charge on any atom is 0.130 e. The number of hydrazone groups is 1. The van der Waals surface area contributed by atoms with Crippen molar-refractivity contribution in [3.63, 3.8) is 0 Å². The standard InChI is InChI=1S/C16H18N4O/c1-20-15(7-9-19-20)14-10-12(17)5-6-16(14)21-11-13-4-2-3-8-18-13/h2-6,8-10,15H,7,11,17H2,1H3. The number of anilines is 1. The quantitative estimate of drug-likeness (QED) is 0.875. The molecule has 1 aliphatic rings. The molecular formula is C16H18N4O. The minimum atomic E-state index is 0.173. The van der Waals surface area contributed by atoms with Crippen LogP contribution in [0.3, 0.4) is 0 Å². The van der Waals surface area contributed by atoms with Gasteiger partial charge in [0.25, 0.3) is 0 Å². The van der Waals surface area contributed by atoms with Crippen LogP contribution in [-0.2, 0) is 6.61 Å². The van der Waals surface area contributed by atoms with Crippen LogP contribution in [0.4, 0.5) is 5.69 Å². The molecule has 0 spiro atoms. The first-order valence-electron chi connectivity index (χ1n) is 6.91. The van der Waals surface area contributed by atoms with Gasteiger partial charge in [-0.1, -0.05) is 6.07 Å². The molecule has 2 aromatic rings. The molecular weight excluding hydrogens is 264 g/mol. The van der Waals surface area contributed by atoms with Crippen LogP contribution in [0.5, 0.6) is 5.75 Å². The van der Waals surface area contributed by atoms with Crippen LogP contribution in [0.2, 0.25) is 0 Å². The Kier molecular flexibility index (Phi) is 3.73. The van der Waals surface area contributed by atoms with Gasteiger partial charge in [0.05, 0.1) is 11.7 Å². The predicted octanol–water partition coefficient (Wildman–Crippen LogP) is 2.61. The number of hydrogen-bond acceptors (Lipinski definition) is 5. The molecule has 0 aliphatic carbocycles. The van der Waals surface area contributed by atoms with Gasteiger partial charge in [-0.25, -0.2) is 0 Å². The second kappa shape index (κ2) is 5.83. The summed E-state index contributed by atoms with van der Waals surface area (Å²) < 4.78 is 5.94. The Hall–Kier alpha value is -2.56. The maximum absolute atomic E-state index is 5.94. The molecule has 0 saturated heterocycles. The Balaban J connectivity index is 1.81. The highest BCUT2D eigenvalue weighted by Gasteiger charge is 2.23. The molecule has 0 saturated carbocycles. The van der Waals surface area contributed by atoms with E-state index in [2.05, 4.69) is 10.1 Å². The molecule has 21 heavy (non-hydrogen) atoms. The SMILES string of the molecule is CN1N=CCC1c1cc(N)ccc1OCc1ccccn1. The Morgan fingerprint density at radius 3 is 2.95 bits per heavy atom. The van der Waals surface area contributed by atoms with Gasteiger partial charge in [-0.3, -0.25) is 9.99 Å². The largest absolute Gasteiger partial charge is 0.487 e. The molecule has 0 radical (unpaired) electrons. The monoisotopic (exact) mass is 282 g/mol. The minimum absolute atomic E-state index is 0.173. The predicted molar refractivity (Wildman–Crippen MR) is 83.0 cm³/mol. The third-order valence-corrected chi connectivity index (χ3v) is 3.54. The van der Waals surface area contributed by atoms with Crippen molar-refractivity contribution >= 4 is 11.9 Å². The van der Waals surface area contributed by atoms with E-state index in [-0.39, 0.29) is 6.04 Å². The molecule has 1 aromatic carbocycles. The first-order chi connectivity index (χ1) is 10.2. The third kappa shape index (κ3) is 2.97.